The van der Waals surface area contributed by atoms with Crippen LogP contribution in [0.4, 0.5) is 0 Å². The van der Waals surface area contributed by atoms with Gasteiger partial charge in [-0.15, -0.1) is 0 Å². The summed E-state index contributed by atoms with van der Waals surface area (Å²) < 4.78 is 27.7. The molecule has 1 N–H and O–H groups in total. The number of amides is 1. The van der Waals surface area contributed by atoms with Gasteiger partial charge in [0.15, 0.2) is 0 Å². The molecule has 0 atom stereocenters. The number of carbonyl (C=O) groups excluding carboxylic acids is 1. The average Bonchev–Trinajstić information content (AvgIpc) is 2.64. The summed E-state index contributed by atoms with van der Waals surface area (Å²) in [7, 11) is -3.53. The largest absolute Gasteiger partial charge is 0.350 e. The second kappa shape index (κ2) is 8.23. The first-order valence-electron chi connectivity index (χ1n) is 9.12. The molecule has 1 saturated carbocycles. The molecule has 1 amide bonds. The van der Waals surface area contributed by atoms with Gasteiger partial charge < -0.3 is 5.32 Å². The highest BCUT2D eigenvalue weighted by Gasteiger charge is 2.28. The summed E-state index contributed by atoms with van der Waals surface area (Å²) in [6.07, 6.45) is 6.58. The SMILES string of the molecule is CC1CCC(NC(=O)C2=CCN(S(=O)(=O)c3ccc(Br)cc3)CC2)CC1. The van der Waals surface area contributed by atoms with Crippen LogP contribution >= 0.6 is 15.9 Å². The van der Waals surface area contributed by atoms with Crippen molar-refractivity contribution in [3.8, 4) is 0 Å². The van der Waals surface area contributed by atoms with E-state index in [4.69, 9.17) is 0 Å². The van der Waals surface area contributed by atoms with Crippen molar-refractivity contribution in [2.45, 2.75) is 50.0 Å². The second-order valence-corrected chi connectivity index (χ2v) is 10.1. The van der Waals surface area contributed by atoms with Gasteiger partial charge in [0.1, 0.15) is 0 Å². The number of carbonyl (C=O) groups is 1. The van der Waals surface area contributed by atoms with Gasteiger partial charge in [-0.3, -0.25) is 4.79 Å². The molecule has 0 radical (unpaired) electrons. The molecule has 142 valence electrons. The highest BCUT2D eigenvalue weighted by atomic mass is 79.9. The summed E-state index contributed by atoms with van der Waals surface area (Å²) in [6, 6.07) is 6.88. The van der Waals surface area contributed by atoms with Crippen molar-refractivity contribution in [2.24, 2.45) is 5.92 Å². The van der Waals surface area contributed by atoms with Crippen LogP contribution in [0.25, 0.3) is 0 Å². The Morgan fingerprint density at radius 1 is 1.15 bits per heavy atom. The molecular weight excluding hydrogens is 416 g/mol. The van der Waals surface area contributed by atoms with Gasteiger partial charge in [0, 0.05) is 29.2 Å². The van der Waals surface area contributed by atoms with Crippen molar-refractivity contribution < 1.29 is 13.2 Å². The van der Waals surface area contributed by atoms with Gasteiger partial charge in [0.25, 0.3) is 0 Å². The van der Waals surface area contributed by atoms with Crippen molar-refractivity contribution in [2.75, 3.05) is 13.1 Å². The fourth-order valence-electron chi connectivity index (χ4n) is 3.51. The maximum Gasteiger partial charge on any atom is 0.247 e. The summed E-state index contributed by atoms with van der Waals surface area (Å²) in [5.74, 6) is 0.708. The molecule has 1 heterocycles. The maximum absolute atomic E-state index is 12.7. The number of hydrogen-bond acceptors (Lipinski definition) is 3. The van der Waals surface area contributed by atoms with Gasteiger partial charge in [-0.25, -0.2) is 8.42 Å². The summed E-state index contributed by atoms with van der Waals surface area (Å²) in [6.45, 7) is 2.82. The Balaban J connectivity index is 1.60. The molecule has 1 aromatic carbocycles. The Bertz CT molecular complexity index is 782. The van der Waals surface area contributed by atoms with Crippen LogP contribution in [0.1, 0.15) is 39.0 Å². The van der Waals surface area contributed by atoms with Crippen LogP contribution in [0, 0.1) is 5.92 Å². The molecule has 2 aliphatic rings. The predicted octanol–water partition coefficient (Wildman–Crippen LogP) is 3.46. The van der Waals surface area contributed by atoms with E-state index in [9.17, 15) is 13.2 Å². The summed E-state index contributed by atoms with van der Waals surface area (Å²) in [5.41, 5.74) is 0.700. The minimum absolute atomic E-state index is 0.0368. The van der Waals surface area contributed by atoms with Crippen molar-refractivity contribution in [1.82, 2.24) is 9.62 Å². The highest BCUT2D eigenvalue weighted by molar-refractivity contribution is 9.10. The third kappa shape index (κ3) is 4.56. The molecule has 1 fully saturated rings. The summed E-state index contributed by atoms with van der Waals surface area (Å²) in [4.78, 5) is 12.7. The number of sulfonamides is 1. The Morgan fingerprint density at radius 2 is 1.81 bits per heavy atom. The van der Waals surface area contributed by atoms with Crippen LogP contribution in [0.2, 0.25) is 0 Å². The topological polar surface area (TPSA) is 66.5 Å². The van der Waals surface area contributed by atoms with E-state index >= 15 is 0 Å². The van der Waals surface area contributed by atoms with E-state index in [1.54, 1.807) is 30.3 Å². The van der Waals surface area contributed by atoms with E-state index in [0.29, 0.717) is 18.5 Å². The first kappa shape index (κ1) is 19.6. The van der Waals surface area contributed by atoms with E-state index < -0.39 is 10.0 Å². The van der Waals surface area contributed by atoms with Crippen LogP contribution in [-0.4, -0.2) is 37.8 Å². The number of halogens is 1. The quantitative estimate of drug-likeness (QED) is 0.778. The molecule has 0 spiro atoms. The maximum atomic E-state index is 12.7. The minimum Gasteiger partial charge on any atom is -0.350 e. The Kier molecular flexibility index (Phi) is 6.20. The lowest BCUT2D eigenvalue weighted by molar-refractivity contribution is -0.118. The van der Waals surface area contributed by atoms with Gasteiger partial charge in [0.05, 0.1) is 4.90 Å². The number of rotatable bonds is 4. The first-order valence-corrected chi connectivity index (χ1v) is 11.3. The molecule has 7 heteroatoms. The van der Waals surface area contributed by atoms with Crippen LogP contribution in [0.15, 0.2) is 45.3 Å². The Hall–Kier alpha value is -1.18. The minimum atomic E-state index is -3.53. The molecule has 0 bridgehead atoms. The number of hydrogen-bond donors (Lipinski definition) is 1. The number of nitrogens with zero attached hydrogens (tertiary/aromatic N) is 1. The van der Waals surface area contributed by atoms with Gasteiger partial charge in [-0.2, -0.15) is 4.31 Å². The number of nitrogens with one attached hydrogen (secondary N) is 1. The molecule has 1 aliphatic heterocycles. The third-order valence-electron chi connectivity index (χ3n) is 5.27. The standard InChI is InChI=1S/C19H25BrN2O3S/c1-14-2-6-17(7-3-14)21-19(23)15-10-12-22(13-11-15)26(24,25)18-8-4-16(20)5-9-18/h4-5,8-10,14,17H,2-3,6-7,11-13H2,1H3,(H,21,23). The zero-order chi connectivity index (χ0) is 18.7. The summed E-state index contributed by atoms with van der Waals surface area (Å²) in [5, 5.41) is 3.12. The van der Waals surface area contributed by atoms with E-state index in [1.165, 1.54) is 4.31 Å². The molecule has 1 aromatic rings. The zero-order valence-electron chi connectivity index (χ0n) is 14.9. The van der Waals surface area contributed by atoms with Crippen LogP contribution < -0.4 is 5.32 Å². The molecule has 0 aromatic heterocycles. The molecule has 26 heavy (non-hydrogen) atoms. The van der Waals surface area contributed by atoms with Crippen molar-refractivity contribution in [1.29, 1.82) is 0 Å². The fourth-order valence-corrected chi connectivity index (χ4v) is 5.16. The lowest BCUT2D eigenvalue weighted by Crippen LogP contribution is -2.41. The Morgan fingerprint density at radius 3 is 2.38 bits per heavy atom. The Labute approximate surface area is 164 Å². The van der Waals surface area contributed by atoms with E-state index in [0.717, 1.165) is 36.1 Å². The van der Waals surface area contributed by atoms with E-state index in [1.807, 2.05) is 0 Å². The second-order valence-electron chi connectivity index (χ2n) is 7.23. The van der Waals surface area contributed by atoms with Crippen molar-refractivity contribution in [3.63, 3.8) is 0 Å². The molecule has 0 saturated heterocycles. The number of benzene rings is 1. The molecule has 0 unspecified atom stereocenters. The molecule has 5 nitrogen and oxygen atoms in total. The van der Waals surface area contributed by atoms with E-state index in [2.05, 4.69) is 28.2 Å². The lowest BCUT2D eigenvalue weighted by atomic mass is 9.87. The summed E-state index contributed by atoms with van der Waals surface area (Å²) >= 11 is 3.31. The predicted molar refractivity (Wildman–Crippen MR) is 105 cm³/mol. The third-order valence-corrected chi connectivity index (χ3v) is 7.67. The smallest absolute Gasteiger partial charge is 0.247 e. The van der Waals surface area contributed by atoms with Crippen LogP contribution in [0.3, 0.4) is 0 Å². The fraction of sp³-hybridized carbons (Fsp3) is 0.526. The molecule has 3 rings (SSSR count). The van der Waals surface area contributed by atoms with Crippen molar-refractivity contribution >= 4 is 31.9 Å². The average molecular weight is 441 g/mol. The molecular formula is C19H25BrN2O3S. The highest BCUT2D eigenvalue weighted by Crippen LogP contribution is 2.25. The van der Waals surface area contributed by atoms with Crippen LogP contribution in [0.5, 0.6) is 0 Å². The van der Waals surface area contributed by atoms with Gasteiger partial charge in [-0.1, -0.05) is 28.9 Å². The lowest BCUT2D eigenvalue weighted by Gasteiger charge is -2.29. The van der Waals surface area contributed by atoms with Crippen LogP contribution in [-0.2, 0) is 14.8 Å². The van der Waals surface area contributed by atoms with Crippen molar-refractivity contribution in [3.05, 3.63) is 40.4 Å². The normalized spacial score (nSPS) is 24.8. The molecule has 1 aliphatic carbocycles. The zero-order valence-corrected chi connectivity index (χ0v) is 17.4. The van der Waals surface area contributed by atoms with Gasteiger partial charge >= 0.3 is 0 Å². The first-order chi connectivity index (χ1) is 12.4. The monoisotopic (exact) mass is 440 g/mol. The van der Waals surface area contributed by atoms with Gasteiger partial charge in [-0.05, 0) is 62.3 Å². The van der Waals surface area contributed by atoms with E-state index in [-0.39, 0.29) is 23.4 Å². The van der Waals surface area contributed by atoms with Gasteiger partial charge in [0.2, 0.25) is 15.9 Å².